The summed E-state index contributed by atoms with van der Waals surface area (Å²) in [6, 6.07) is 6.00. The van der Waals surface area contributed by atoms with Crippen LogP contribution in [0.15, 0.2) is 18.2 Å². The molecule has 0 saturated carbocycles. The summed E-state index contributed by atoms with van der Waals surface area (Å²) >= 11 is 0. The Labute approximate surface area is 120 Å². The number of hydrogen-bond donors (Lipinski definition) is 2. The largest absolute Gasteiger partial charge is 0.497 e. The predicted molar refractivity (Wildman–Crippen MR) is 79.3 cm³/mol. The highest BCUT2D eigenvalue weighted by molar-refractivity contribution is 5.92. The van der Waals surface area contributed by atoms with E-state index in [1.807, 2.05) is 25.1 Å². The topological polar surface area (TPSA) is 50.4 Å². The van der Waals surface area contributed by atoms with Crippen LogP contribution in [-0.2, 0) is 4.79 Å². The van der Waals surface area contributed by atoms with Gasteiger partial charge in [0.15, 0.2) is 0 Å². The molecule has 19 heavy (non-hydrogen) atoms. The van der Waals surface area contributed by atoms with Gasteiger partial charge in [0.05, 0.1) is 7.11 Å². The maximum atomic E-state index is 11.9. The molecule has 4 nitrogen and oxygen atoms in total. The van der Waals surface area contributed by atoms with E-state index in [-0.39, 0.29) is 18.3 Å². The Hall–Kier alpha value is -1.26. The molecule has 1 heterocycles. The third-order valence-electron chi connectivity index (χ3n) is 3.30. The second kappa shape index (κ2) is 7.36. The van der Waals surface area contributed by atoms with Crippen LogP contribution in [0.1, 0.15) is 24.8 Å². The van der Waals surface area contributed by atoms with Gasteiger partial charge in [0.1, 0.15) is 5.75 Å². The lowest BCUT2D eigenvalue weighted by Crippen LogP contribution is -2.27. The molecule has 2 N–H and O–H groups in total. The quantitative estimate of drug-likeness (QED) is 0.893. The van der Waals surface area contributed by atoms with Crippen LogP contribution < -0.4 is 15.4 Å². The van der Waals surface area contributed by atoms with Gasteiger partial charge in [-0.3, -0.25) is 4.79 Å². The van der Waals surface area contributed by atoms with Crippen molar-refractivity contribution in [2.45, 2.75) is 32.2 Å². The Balaban J connectivity index is 0.00000180. The van der Waals surface area contributed by atoms with Crippen LogP contribution in [0.3, 0.4) is 0 Å². The number of halogens is 1. The second-order valence-electron chi connectivity index (χ2n) is 4.73. The predicted octanol–water partition coefficient (Wildman–Crippen LogP) is 2.51. The van der Waals surface area contributed by atoms with E-state index in [0.29, 0.717) is 12.5 Å². The molecular weight excluding hydrogens is 264 g/mol. The van der Waals surface area contributed by atoms with Crippen molar-refractivity contribution < 1.29 is 9.53 Å². The molecule has 1 unspecified atom stereocenters. The highest BCUT2D eigenvalue weighted by Gasteiger charge is 2.17. The SMILES string of the molecule is COc1ccc(NC(=O)CC2CCCN2)c(C)c1.Cl. The maximum Gasteiger partial charge on any atom is 0.225 e. The summed E-state index contributed by atoms with van der Waals surface area (Å²) in [5, 5.41) is 6.28. The lowest BCUT2D eigenvalue weighted by Gasteiger charge is -2.12. The van der Waals surface area contributed by atoms with Gasteiger partial charge in [0, 0.05) is 18.2 Å². The summed E-state index contributed by atoms with van der Waals surface area (Å²) in [6.45, 7) is 2.99. The summed E-state index contributed by atoms with van der Waals surface area (Å²) in [5.74, 6) is 0.880. The minimum atomic E-state index is 0. The average Bonchev–Trinajstić information content (AvgIpc) is 2.84. The number of methoxy groups -OCH3 is 1. The van der Waals surface area contributed by atoms with Crippen LogP contribution >= 0.6 is 12.4 Å². The molecule has 0 spiro atoms. The van der Waals surface area contributed by atoms with Crippen molar-refractivity contribution in [3.63, 3.8) is 0 Å². The molecular formula is C14H21ClN2O2. The molecule has 0 radical (unpaired) electrons. The van der Waals surface area contributed by atoms with Crippen molar-refractivity contribution in [3.8, 4) is 5.75 Å². The van der Waals surface area contributed by atoms with Crippen LogP contribution in [0.2, 0.25) is 0 Å². The number of anilines is 1. The minimum absolute atomic E-state index is 0. The van der Waals surface area contributed by atoms with Crippen molar-refractivity contribution in [1.29, 1.82) is 0 Å². The highest BCUT2D eigenvalue weighted by atomic mass is 35.5. The van der Waals surface area contributed by atoms with Crippen molar-refractivity contribution in [2.24, 2.45) is 0 Å². The van der Waals surface area contributed by atoms with Crippen LogP contribution in [0.5, 0.6) is 5.75 Å². The minimum Gasteiger partial charge on any atom is -0.497 e. The summed E-state index contributed by atoms with van der Waals surface area (Å²) in [5.41, 5.74) is 1.88. The summed E-state index contributed by atoms with van der Waals surface area (Å²) in [6.07, 6.45) is 2.81. The number of amides is 1. The molecule has 0 aromatic heterocycles. The average molecular weight is 285 g/mol. The smallest absolute Gasteiger partial charge is 0.225 e. The second-order valence-corrected chi connectivity index (χ2v) is 4.73. The zero-order chi connectivity index (χ0) is 13.0. The number of carbonyl (C=O) groups is 1. The van der Waals surface area contributed by atoms with Crippen molar-refractivity contribution >= 4 is 24.0 Å². The Morgan fingerprint density at radius 1 is 1.53 bits per heavy atom. The fraction of sp³-hybridized carbons (Fsp3) is 0.500. The Morgan fingerprint density at radius 3 is 2.89 bits per heavy atom. The third kappa shape index (κ3) is 4.40. The fourth-order valence-corrected chi connectivity index (χ4v) is 2.26. The number of nitrogens with one attached hydrogen (secondary N) is 2. The van der Waals surface area contributed by atoms with Crippen molar-refractivity contribution in [3.05, 3.63) is 23.8 Å². The number of rotatable bonds is 4. The lowest BCUT2D eigenvalue weighted by molar-refractivity contribution is -0.116. The van der Waals surface area contributed by atoms with Gasteiger partial charge in [-0.1, -0.05) is 0 Å². The summed E-state index contributed by atoms with van der Waals surface area (Å²) in [7, 11) is 1.64. The van der Waals surface area contributed by atoms with E-state index < -0.39 is 0 Å². The molecule has 1 fully saturated rings. The summed E-state index contributed by atoms with van der Waals surface area (Å²) < 4.78 is 5.14. The van der Waals surface area contributed by atoms with E-state index in [1.165, 1.54) is 6.42 Å². The monoisotopic (exact) mass is 284 g/mol. The molecule has 1 atom stereocenters. The number of carbonyl (C=O) groups excluding carboxylic acids is 1. The molecule has 1 aromatic rings. The number of ether oxygens (including phenoxy) is 1. The standard InChI is InChI=1S/C14H20N2O2.ClH/c1-10-8-12(18-2)5-6-13(10)16-14(17)9-11-4-3-7-15-11;/h5-6,8,11,15H,3-4,7,9H2,1-2H3,(H,16,17);1H. The first-order chi connectivity index (χ1) is 8.69. The van der Waals surface area contributed by atoms with E-state index in [0.717, 1.165) is 30.0 Å². The molecule has 106 valence electrons. The van der Waals surface area contributed by atoms with Crippen LogP contribution in [0, 0.1) is 6.92 Å². The van der Waals surface area contributed by atoms with Crippen LogP contribution in [0.4, 0.5) is 5.69 Å². The van der Waals surface area contributed by atoms with Gasteiger partial charge < -0.3 is 15.4 Å². The van der Waals surface area contributed by atoms with E-state index in [1.54, 1.807) is 7.11 Å². The summed E-state index contributed by atoms with van der Waals surface area (Å²) in [4.78, 5) is 11.9. The third-order valence-corrected chi connectivity index (χ3v) is 3.30. The van der Waals surface area contributed by atoms with E-state index in [2.05, 4.69) is 10.6 Å². The van der Waals surface area contributed by atoms with Crippen LogP contribution in [-0.4, -0.2) is 25.6 Å². The first-order valence-corrected chi connectivity index (χ1v) is 6.37. The number of aryl methyl sites for hydroxylation is 1. The van der Waals surface area contributed by atoms with Crippen molar-refractivity contribution in [2.75, 3.05) is 19.0 Å². The Bertz CT molecular complexity index is 431. The van der Waals surface area contributed by atoms with Gasteiger partial charge >= 0.3 is 0 Å². The Morgan fingerprint density at radius 2 is 2.32 bits per heavy atom. The molecule has 0 bridgehead atoms. The number of benzene rings is 1. The first kappa shape index (κ1) is 15.8. The van der Waals surface area contributed by atoms with Crippen molar-refractivity contribution in [1.82, 2.24) is 5.32 Å². The van der Waals surface area contributed by atoms with Gasteiger partial charge in [-0.15, -0.1) is 12.4 Å². The van der Waals surface area contributed by atoms with Crippen LogP contribution in [0.25, 0.3) is 0 Å². The fourth-order valence-electron chi connectivity index (χ4n) is 2.26. The molecule has 1 amide bonds. The Kier molecular flexibility index (Phi) is 6.12. The lowest BCUT2D eigenvalue weighted by atomic mass is 10.1. The molecule has 1 aliphatic rings. The normalized spacial score (nSPS) is 17.7. The van der Waals surface area contributed by atoms with Gasteiger partial charge in [0.2, 0.25) is 5.91 Å². The molecule has 1 saturated heterocycles. The molecule has 2 rings (SSSR count). The van der Waals surface area contributed by atoms with E-state index in [4.69, 9.17) is 4.74 Å². The maximum absolute atomic E-state index is 11.9. The zero-order valence-corrected chi connectivity index (χ0v) is 12.2. The van der Waals surface area contributed by atoms with E-state index in [9.17, 15) is 4.79 Å². The van der Waals surface area contributed by atoms with E-state index >= 15 is 0 Å². The first-order valence-electron chi connectivity index (χ1n) is 6.37. The number of hydrogen-bond acceptors (Lipinski definition) is 3. The zero-order valence-electron chi connectivity index (χ0n) is 11.4. The highest BCUT2D eigenvalue weighted by Crippen LogP contribution is 2.21. The van der Waals surface area contributed by atoms with Gasteiger partial charge in [0.25, 0.3) is 0 Å². The molecule has 1 aromatic carbocycles. The van der Waals surface area contributed by atoms with Gasteiger partial charge in [-0.2, -0.15) is 0 Å². The van der Waals surface area contributed by atoms with Gasteiger partial charge in [-0.05, 0) is 50.1 Å². The molecule has 1 aliphatic heterocycles. The molecule has 0 aliphatic carbocycles. The molecule has 5 heteroatoms. The van der Waals surface area contributed by atoms with Gasteiger partial charge in [-0.25, -0.2) is 0 Å².